The molecule has 0 fully saturated rings. The van der Waals surface area contributed by atoms with Crippen molar-refractivity contribution in [3.8, 4) is 0 Å². The number of hydrogen-bond donors (Lipinski definition) is 1. The Morgan fingerprint density at radius 2 is 2.00 bits per heavy atom. The molecule has 4 heteroatoms. The molecule has 19 heavy (non-hydrogen) atoms. The Labute approximate surface area is 119 Å². The zero-order valence-corrected chi connectivity index (χ0v) is 12.1. The number of rotatable bonds is 3. The summed E-state index contributed by atoms with van der Waals surface area (Å²) in [6.45, 7) is 4.07. The monoisotopic (exact) mass is 275 g/mol. The lowest BCUT2D eigenvalue weighted by molar-refractivity contribution is 0.728. The third-order valence-electron chi connectivity index (χ3n) is 3.29. The molecular weight excluding hydrogens is 258 g/mol. The van der Waals surface area contributed by atoms with Crippen LogP contribution in [0.5, 0.6) is 0 Å². The van der Waals surface area contributed by atoms with Crippen molar-refractivity contribution in [2.75, 3.05) is 17.7 Å². The van der Waals surface area contributed by atoms with Crippen LogP contribution in [0, 0.1) is 6.92 Å². The lowest BCUT2D eigenvalue weighted by Gasteiger charge is -2.27. The van der Waals surface area contributed by atoms with Crippen LogP contribution in [0.15, 0.2) is 36.4 Å². The molecule has 0 spiro atoms. The van der Waals surface area contributed by atoms with Crippen LogP contribution in [0.25, 0.3) is 0 Å². The van der Waals surface area contributed by atoms with E-state index in [1.165, 1.54) is 0 Å². The van der Waals surface area contributed by atoms with E-state index in [4.69, 9.17) is 17.3 Å². The predicted octanol–water partition coefficient (Wildman–Crippen LogP) is 3.82. The second kappa shape index (κ2) is 5.49. The van der Waals surface area contributed by atoms with E-state index in [9.17, 15) is 0 Å². The Morgan fingerprint density at radius 3 is 2.68 bits per heavy atom. The molecule has 0 saturated carbocycles. The van der Waals surface area contributed by atoms with Gasteiger partial charge in [0.05, 0.1) is 11.7 Å². The first-order valence-corrected chi connectivity index (χ1v) is 6.58. The maximum absolute atomic E-state index is 6.04. The van der Waals surface area contributed by atoms with Gasteiger partial charge in [-0.2, -0.15) is 0 Å². The summed E-state index contributed by atoms with van der Waals surface area (Å²) >= 11 is 6.04. The molecule has 0 saturated heterocycles. The van der Waals surface area contributed by atoms with Crippen LogP contribution >= 0.6 is 11.6 Å². The van der Waals surface area contributed by atoms with E-state index in [0.717, 1.165) is 22.1 Å². The van der Waals surface area contributed by atoms with Gasteiger partial charge in [-0.15, -0.1) is 0 Å². The van der Waals surface area contributed by atoms with Crippen LogP contribution in [0.1, 0.15) is 24.2 Å². The van der Waals surface area contributed by atoms with Crippen LogP contribution in [-0.4, -0.2) is 12.0 Å². The number of halogens is 1. The van der Waals surface area contributed by atoms with E-state index in [2.05, 4.69) is 22.9 Å². The molecule has 1 unspecified atom stereocenters. The van der Waals surface area contributed by atoms with Crippen LogP contribution in [0.3, 0.4) is 0 Å². The van der Waals surface area contributed by atoms with Crippen LogP contribution in [0.2, 0.25) is 5.02 Å². The van der Waals surface area contributed by atoms with Gasteiger partial charge in [-0.05, 0) is 43.7 Å². The number of aryl methyl sites for hydroxylation is 1. The van der Waals surface area contributed by atoms with Gasteiger partial charge < -0.3 is 10.6 Å². The summed E-state index contributed by atoms with van der Waals surface area (Å²) < 4.78 is 0. The number of nitrogens with two attached hydrogens (primary N) is 1. The fraction of sp³-hybridized carbons (Fsp3) is 0.267. The summed E-state index contributed by atoms with van der Waals surface area (Å²) in [4.78, 5) is 6.57. The number of aromatic nitrogens is 1. The first-order chi connectivity index (χ1) is 8.99. The molecule has 1 heterocycles. The molecule has 0 aliphatic rings. The van der Waals surface area contributed by atoms with Gasteiger partial charge in [0.1, 0.15) is 0 Å². The number of benzene rings is 1. The average molecular weight is 276 g/mol. The van der Waals surface area contributed by atoms with Gasteiger partial charge in [-0.3, -0.25) is 0 Å². The topological polar surface area (TPSA) is 42.1 Å². The number of nitrogen functional groups attached to an aromatic ring is 1. The molecule has 0 amide bonds. The highest BCUT2D eigenvalue weighted by Crippen LogP contribution is 2.29. The molecule has 2 N–H and O–H groups in total. The first kappa shape index (κ1) is 13.7. The largest absolute Gasteiger partial charge is 0.396 e. The van der Waals surface area contributed by atoms with Crippen LogP contribution in [-0.2, 0) is 0 Å². The Balaban J connectivity index is 2.33. The van der Waals surface area contributed by atoms with Gasteiger partial charge in [0.15, 0.2) is 5.82 Å². The zero-order chi connectivity index (χ0) is 14.0. The molecule has 0 bridgehead atoms. The summed E-state index contributed by atoms with van der Waals surface area (Å²) in [6, 6.07) is 11.8. The van der Waals surface area contributed by atoms with Crippen molar-refractivity contribution in [3.05, 3.63) is 52.7 Å². The minimum atomic E-state index is 0.148. The Hall–Kier alpha value is -1.74. The Morgan fingerprint density at radius 1 is 1.26 bits per heavy atom. The Bertz CT molecular complexity index is 583. The molecule has 3 nitrogen and oxygen atoms in total. The van der Waals surface area contributed by atoms with Crippen molar-refractivity contribution in [1.29, 1.82) is 0 Å². The fourth-order valence-electron chi connectivity index (χ4n) is 2.01. The smallest absolute Gasteiger partial charge is 0.152 e. The standard InChI is InChI=1S/C15H18ClN3/c1-10-7-8-14(17)15(18-10)19(3)11(2)12-5-4-6-13(16)9-12/h4-9,11H,17H2,1-3H3. The molecule has 1 aromatic heterocycles. The van der Waals surface area contributed by atoms with Crippen molar-refractivity contribution in [3.63, 3.8) is 0 Å². The van der Waals surface area contributed by atoms with Crippen LogP contribution < -0.4 is 10.6 Å². The third-order valence-corrected chi connectivity index (χ3v) is 3.53. The molecule has 1 aromatic carbocycles. The Kier molecular flexibility index (Phi) is 3.96. The quantitative estimate of drug-likeness (QED) is 0.926. The summed E-state index contributed by atoms with van der Waals surface area (Å²) in [5.41, 5.74) is 8.78. The van der Waals surface area contributed by atoms with Gasteiger partial charge in [-0.1, -0.05) is 23.7 Å². The van der Waals surface area contributed by atoms with Crippen molar-refractivity contribution in [2.24, 2.45) is 0 Å². The normalized spacial score (nSPS) is 12.2. The maximum Gasteiger partial charge on any atom is 0.152 e. The molecule has 0 aliphatic carbocycles. The third kappa shape index (κ3) is 2.99. The molecular formula is C15H18ClN3. The second-order valence-electron chi connectivity index (χ2n) is 4.71. The van der Waals surface area contributed by atoms with E-state index < -0.39 is 0 Å². The highest BCUT2D eigenvalue weighted by atomic mass is 35.5. The van der Waals surface area contributed by atoms with Gasteiger partial charge in [0.2, 0.25) is 0 Å². The maximum atomic E-state index is 6.04. The van der Waals surface area contributed by atoms with E-state index in [1.54, 1.807) is 0 Å². The van der Waals surface area contributed by atoms with Crippen LogP contribution in [0.4, 0.5) is 11.5 Å². The lowest BCUT2D eigenvalue weighted by Crippen LogP contribution is -2.24. The van der Waals surface area contributed by atoms with Gasteiger partial charge >= 0.3 is 0 Å². The van der Waals surface area contributed by atoms with E-state index in [1.807, 2.05) is 44.3 Å². The molecule has 0 radical (unpaired) electrons. The molecule has 100 valence electrons. The van der Waals surface area contributed by atoms with Crippen molar-refractivity contribution >= 4 is 23.1 Å². The summed E-state index contributed by atoms with van der Waals surface area (Å²) in [5.74, 6) is 0.799. The molecule has 2 aromatic rings. The lowest BCUT2D eigenvalue weighted by atomic mass is 10.1. The minimum absolute atomic E-state index is 0.148. The SMILES string of the molecule is Cc1ccc(N)c(N(C)C(C)c2cccc(Cl)c2)n1. The molecule has 0 aliphatic heterocycles. The summed E-state index contributed by atoms with van der Waals surface area (Å²) in [6.07, 6.45) is 0. The predicted molar refractivity (Wildman–Crippen MR) is 81.7 cm³/mol. The van der Waals surface area contributed by atoms with Gasteiger partial charge in [0.25, 0.3) is 0 Å². The minimum Gasteiger partial charge on any atom is -0.396 e. The number of anilines is 2. The van der Waals surface area contributed by atoms with E-state index >= 15 is 0 Å². The summed E-state index contributed by atoms with van der Waals surface area (Å²) in [7, 11) is 1.99. The van der Waals surface area contributed by atoms with Gasteiger partial charge in [-0.25, -0.2) is 4.98 Å². The van der Waals surface area contributed by atoms with E-state index in [0.29, 0.717) is 5.69 Å². The fourth-order valence-corrected chi connectivity index (χ4v) is 2.21. The zero-order valence-electron chi connectivity index (χ0n) is 11.4. The first-order valence-electron chi connectivity index (χ1n) is 6.20. The van der Waals surface area contributed by atoms with Crippen molar-refractivity contribution in [1.82, 2.24) is 4.98 Å². The number of nitrogens with zero attached hydrogens (tertiary/aromatic N) is 2. The summed E-state index contributed by atoms with van der Waals surface area (Å²) in [5, 5.41) is 0.739. The van der Waals surface area contributed by atoms with Crippen molar-refractivity contribution < 1.29 is 0 Å². The number of hydrogen-bond acceptors (Lipinski definition) is 3. The molecule has 2 rings (SSSR count). The number of pyridine rings is 1. The molecule has 1 atom stereocenters. The average Bonchev–Trinajstić information content (AvgIpc) is 2.40. The van der Waals surface area contributed by atoms with Crippen molar-refractivity contribution in [2.45, 2.75) is 19.9 Å². The highest BCUT2D eigenvalue weighted by molar-refractivity contribution is 6.30. The van der Waals surface area contributed by atoms with E-state index in [-0.39, 0.29) is 6.04 Å². The van der Waals surface area contributed by atoms with Gasteiger partial charge in [0, 0.05) is 17.8 Å². The second-order valence-corrected chi connectivity index (χ2v) is 5.14. The highest BCUT2D eigenvalue weighted by Gasteiger charge is 2.16.